The fourth-order valence-corrected chi connectivity index (χ4v) is 2.03. The van der Waals surface area contributed by atoms with Crippen LogP contribution in [0.2, 0.25) is 5.02 Å². The maximum atomic E-state index is 11.7. The van der Waals surface area contributed by atoms with Gasteiger partial charge in [-0.15, -0.1) is 0 Å². The smallest absolute Gasteiger partial charge is 0.358 e. The van der Waals surface area contributed by atoms with Crippen LogP contribution in [0.3, 0.4) is 0 Å². The third kappa shape index (κ3) is 4.60. The molecule has 1 aromatic heterocycles. The van der Waals surface area contributed by atoms with E-state index >= 15 is 0 Å². The summed E-state index contributed by atoms with van der Waals surface area (Å²) in [5.41, 5.74) is 7.03. The third-order valence-corrected chi connectivity index (χ3v) is 3.30. The first-order valence-corrected chi connectivity index (χ1v) is 7.50. The van der Waals surface area contributed by atoms with Crippen molar-refractivity contribution in [3.05, 3.63) is 52.8 Å². The van der Waals surface area contributed by atoms with E-state index in [1.807, 2.05) is 6.92 Å². The Morgan fingerprint density at radius 2 is 2.29 bits per heavy atom. The second-order valence-electron chi connectivity index (χ2n) is 4.69. The van der Waals surface area contributed by atoms with Crippen LogP contribution in [0.5, 0.6) is 5.75 Å². The van der Waals surface area contributed by atoms with Crippen LogP contribution in [-0.2, 0) is 16.2 Å². The quantitative estimate of drug-likeness (QED) is 0.284. The van der Waals surface area contributed by atoms with Gasteiger partial charge < -0.3 is 15.3 Å². The Morgan fingerprint density at radius 3 is 2.96 bits per heavy atom. The Kier molecular flexibility index (Phi) is 5.97. The first-order valence-electron chi connectivity index (χ1n) is 7.12. The van der Waals surface area contributed by atoms with Crippen molar-refractivity contribution in [1.82, 2.24) is 9.78 Å². The van der Waals surface area contributed by atoms with Gasteiger partial charge in [0.1, 0.15) is 5.75 Å². The SMILES string of the molecule is CCn1cc(/C=C/C(=O)O/N=C(\N)c2cc(Cl)ccc2OC)cn1. The number of rotatable bonds is 6. The number of hydrogen-bond donors (Lipinski definition) is 1. The molecule has 126 valence electrons. The van der Waals surface area contributed by atoms with Gasteiger partial charge in [-0.05, 0) is 31.2 Å². The number of aromatic nitrogens is 2. The average molecular weight is 349 g/mol. The lowest BCUT2D eigenvalue weighted by Gasteiger charge is -2.07. The van der Waals surface area contributed by atoms with E-state index in [0.29, 0.717) is 16.3 Å². The van der Waals surface area contributed by atoms with Crippen LogP contribution in [0, 0.1) is 0 Å². The molecule has 0 unspecified atom stereocenters. The van der Waals surface area contributed by atoms with E-state index in [4.69, 9.17) is 26.9 Å². The number of amidine groups is 1. The molecule has 2 aromatic rings. The first kappa shape index (κ1) is 17.6. The van der Waals surface area contributed by atoms with Crippen LogP contribution < -0.4 is 10.5 Å². The number of methoxy groups -OCH3 is 1. The largest absolute Gasteiger partial charge is 0.496 e. The molecule has 0 saturated heterocycles. The van der Waals surface area contributed by atoms with E-state index in [0.717, 1.165) is 12.1 Å². The van der Waals surface area contributed by atoms with E-state index < -0.39 is 5.97 Å². The second kappa shape index (κ2) is 8.16. The molecule has 2 rings (SSSR count). The molecule has 24 heavy (non-hydrogen) atoms. The lowest BCUT2D eigenvalue weighted by Crippen LogP contribution is -2.16. The summed E-state index contributed by atoms with van der Waals surface area (Å²) in [7, 11) is 1.49. The van der Waals surface area contributed by atoms with Gasteiger partial charge in [0, 0.05) is 29.4 Å². The van der Waals surface area contributed by atoms with Crippen LogP contribution in [0.15, 0.2) is 41.8 Å². The van der Waals surface area contributed by atoms with E-state index in [9.17, 15) is 4.79 Å². The minimum Gasteiger partial charge on any atom is -0.496 e. The molecule has 0 aliphatic rings. The molecule has 0 aliphatic carbocycles. The molecule has 0 saturated carbocycles. The minimum atomic E-state index is -0.664. The summed E-state index contributed by atoms with van der Waals surface area (Å²) in [6, 6.07) is 4.87. The Morgan fingerprint density at radius 1 is 1.50 bits per heavy atom. The summed E-state index contributed by atoms with van der Waals surface area (Å²) in [5, 5.41) is 8.17. The summed E-state index contributed by atoms with van der Waals surface area (Å²) in [6.45, 7) is 2.72. The molecule has 0 atom stereocenters. The van der Waals surface area contributed by atoms with Crippen molar-refractivity contribution in [2.75, 3.05) is 7.11 Å². The third-order valence-electron chi connectivity index (χ3n) is 3.06. The molecule has 1 aromatic carbocycles. The van der Waals surface area contributed by atoms with Crippen molar-refractivity contribution < 1.29 is 14.4 Å². The molecule has 7 nitrogen and oxygen atoms in total. The van der Waals surface area contributed by atoms with Gasteiger partial charge in [0.25, 0.3) is 0 Å². The van der Waals surface area contributed by atoms with Gasteiger partial charge in [0.05, 0.1) is 18.9 Å². The number of benzene rings is 1. The molecule has 0 radical (unpaired) electrons. The lowest BCUT2D eigenvalue weighted by atomic mass is 10.2. The molecular formula is C16H17ClN4O3. The van der Waals surface area contributed by atoms with Gasteiger partial charge in [0.2, 0.25) is 0 Å². The number of carbonyl (C=O) groups excluding carboxylic acids is 1. The fourth-order valence-electron chi connectivity index (χ4n) is 1.86. The number of oxime groups is 1. The molecule has 0 spiro atoms. The maximum Gasteiger partial charge on any atom is 0.358 e. The van der Waals surface area contributed by atoms with Crippen LogP contribution in [0.25, 0.3) is 6.08 Å². The molecule has 0 aliphatic heterocycles. The summed E-state index contributed by atoms with van der Waals surface area (Å²) >= 11 is 5.92. The normalized spacial score (nSPS) is 11.7. The fraction of sp³-hybridized carbons (Fsp3) is 0.188. The van der Waals surface area contributed by atoms with Crippen molar-refractivity contribution in [1.29, 1.82) is 0 Å². The van der Waals surface area contributed by atoms with Gasteiger partial charge in [-0.25, -0.2) is 4.79 Å². The number of nitrogens with zero attached hydrogens (tertiary/aromatic N) is 3. The monoisotopic (exact) mass is 348 g/mol. The Balaban J connectivity index is 2.04. The van der Waals surface area contributed by atoms with E-state index in [2.05, 4.69) is 10.3 Å². The zero-order valence-corrected chi connectivity index (χ0v) is 14.0. The summed E-state index contributed by atoms with van der Waals surface area (Å²) < 4.78 is 6.91. The van der Waals surface area contributed by atoms with Gasteiger partial charge in [0.15, 0.2) is 5.84 Å². The predicted octanol–water partition coefficient (Wildman–Crippen LogP) is 2.44. The van der Waals surface area contributed by atoms with Crippen molar-refractivity contribution in [2.24, 2.45) is 10.9 Å². The summed E-state index contributed by atoms with van der Waals surface area (Å²) in [5.74, 6) is -0.211. The van der Waals surface area contributed by atoms with Gasteiger partial charge in [-0.1, -0.05) is 16.8 Å². The lowest BCUT2D eigenvalue weighted by molar-refractivity contribution is -0.137. The summed E-state index contributed by atoms with van der Waals surface area (Å²) in [4.78, 5) is 16.5. The van der Waals surface area contributed by atoms with Crippen LogP contribution in [0.4, 0.5) is 0 Å². The average Bonchev–Trinajstić information content (AvgIpc) is 3.05. The van der Waals surface area contributed by atoms with E-state index in [-0.39, 0.29) is 5.84 Å². The van der Waals surface area contributed by atoms with Gasteiger partial charge in [-0.2, -0.15) is 5.10 Å². The van der Waals surface area contributed by atoms with E-state index in [1.165, 1.54) is 13.2 Å². The van der Waals surface area contributed by atoms with Crippen molar-refractivity contribution in [3.63, 3.8) is 0 Å². The Labute approximate surface area is 144 Å². The van der Waals surface area contributed by atoms with E-state index in [1.54, 1.807) is 41.4 Å². The zero-order chi connectivity index (χ0) is 17.5. The molecule has 0 fully saturated rings. The van der Waals surface area contributed by atoms with Gasteiger partial charge in [-0.3, -0.25) is 4.68 Å². The number of nitrogens with two attached hydrogens (primary N) is 1. The molecule has 8 heteroatoms. The standard InChI is InChI=1S/C16H17ClN4O3/c1-3-21-10-11(9-19-21)4-7-15(22)24-20-16(18)13-8-12(17)5-6-14(13)23-2/h4-10H,3H2,1-2H3,(H2,18,20)/b7-4+. The van der Waals surface area contributed by atoms with Crippen LogP contribution in [-0.4, -0.2) is 28.7 Å². The second-order valence-corrected chi connectivity index (χ2v) is 5.13. The van der Waals surface area contributed by atoms with Crippen LogP contribution in [0.1, 0.15) is 18.1 Å². The molecule has 0 bridgehead atoms. The predicted molar refractivity (Wildman–Crippen MR) is 91.8 cm³/mol. The highest BCUT2D eigenvalue weighted by Gasteiger charge is 2.09. The highest BCUT2D eigenvalue weighted by molar-refractivity contribution is 6.31. The van der Waals surface area contributed by atoms with Crippen molar-refractivity contribution >= 4 is 29.5 Å². The first-order chi connectivity index (χ1) is 11.5. The molecule has 1 heterocycles. The maximum absolute atomic E-state index is 11.7. The number of aryl methyl sites for hydroxylation is 1. The molecule has 0 amide bonds. The van der Waals surface area contributed by atoms with Gasteiger partial charge >= 0.3 is 5.97 Å². The highest BCUT2D eigenvalue weighted by Crippen LogP contribution is 2.22. The number of hydrogen-bond acceptors (Lipinski definition) is 5. The Hall–Kier alpha value is -2.80. The highest BCUT2D eigenvalue weighted by atomic mass is 35.5. The molecular weight excluding hydrogens is 332 g/mol. The number of carbonyl (C=O) groups is 1. The number of ether oxygens (including phenoxy) is 1. The zero-order valence-electron chi connectivity index (χ0n) is 13.3. The summed E-state index contributed by atoms with van der Waals surface area (Å²) in [6.07, 6.45) is 6.26. The minimum absolute atomic E-state index is 0.0186. The number of halogens is 1. The van der Waals surface area contributed by atoms with Crippen molar-refractivity contribution in [3.8, 4) is 5.75 Å². The van der Waals surface area contributed by atoms with Crippen LogP contribution >= 0.6 is 11.6 Å². The Bertz CT molecular complexity index is 783. The topological polar surface area (TPSA) is 91.7 Å². The van der Waals surface area contributed by atoms with Crippen molar-refractivity contribution in [2.45, 2.75) is 13.5 Å². The molecule has 2 N–H and O–H groups in total.